The van der Waals surface area contributed by atoms with Crippen molar-refractivity contribution in [2.45, 2.75) is 57.6 Å². The summed E-state index contributed by atoms with van der Waals surface area (Å²) in [5.74, 6) is 1.48. The van der Waals surface area contributed by atoms with Gasteiger partial charge in [-0.1, -0.05) is 20.3 Å². The third-order valence-electron chi connectivity index (χ3n) is 4.64. The fourth-order valence-corrected chi connectivity index (χ4v) is 3.32. The molecule has 1 aliphatic carbocycles. The highest BCUT2D eigenvalue weighted by Gasteiger charge is 2.33. The molecule has 1 saturated heterocycles. The second kappa shape index (κ2) is 5.68. The van der Waals surface area contributed by atoms with Gasteiger partial charge < -0.3 is 15.2 Å². The van der Waals surface area contributed by atoms with Crippen molar-refractivity contribution in [2.24, 2.45) is 11.8 Å². The van der Waals surface area contributed by atoms with Crippen LogP contribution >= 0.6 is 0 Å². The van der Waals surface area contributed by atoms with Crippen LogP contribution in [0.4, 0.5) is 0 Å². The minimum atomic E-state index is -0.533. The largest absolute Gasteiger partial charge is 0.388 e. The van der Waals surface area contributed by atoms with E-state index in [1.54, 1.807) is 0 Å². The normalized spacial score (nSPS) is 37.9. The molecule has 0 bridgehead atoms. The van der Waals surface area contributed by atoms with E-state index in [1.165, 1.54) is 19.3 Å². The molecule has 2 aliphatic rings. The summed E-state index contributed by atoms with van der Waals surface area (Å²) in [6.45, 7) is 6.81. The van der Waals surface area contributed by atoms with Crippen LogP contribution < -0.4 is 5.32 Å². The van der Waals surface area contributed by atoms with E-state index in [4.69, 9.17) is 4.74 Å². The molecule has 0 aromatic rings. The first kappa shape index (κ1) is 13.3. The zero-order valence-corrected chi connectivity index (χ0v) is 11.2. The Bertz CT molecular complexity index is 228. The van der Waals surface area contributed by atoms with Crippen molar-refractivity contribution < 1.29 is 9.84 Å². The molecular weight excluding hydrogens is 214 g/mol. The molecule has 2 rings (SSSR count). The van der Waals surface area contributed by atoms with Gasteiger partial charge in [0.05, 0.1) is 5.60 Å². The molecule has 2 fully saturated rings. The summed E-state index contributed by atoms with van der Waals surface area (Å²) >= 11 is 0. The molecule has 1 aliphatic heterocycles. The molecule has 100 valence electrons. The third-order valence-corrected chi connectivity index (χ3v) is 4.64. The lowest BCUT2D eigenvalue weighted by Gasteiger charge is -2.39. The number of hydrogen-bond donors (Lipinski definition) is 2. The summed E-state index contributed by atoms with van der Waals surface area (Å²) < 4.78 is 5.31. The monoisotopic (exact) mass is 241 g/mol. The number of hydrogen-bond acceptors (Lipinski definition) is 3. The molecule has 0 amide bonds. The minimum Gasteiger partial charge on any atom is -0.388 e. The second-order valence-electron chi connectivity index (χ2n) is 6.13. The lowest BCUT2D eigenvalue weighted by atomic mass is 9.78. The highest BCUT2D eigenvalue weighted by molar-refractivity contribution is 4.89. The van der Waals surface area contributed by atoms with Crippen LogP contribution in [0.25, 0.3) is 0 Å². The Balaban J connectivity index is 1.83. The summed E-state index contributed by atoms with van der Waals surface area (Å²) in [7, 11) is 0. The maximum Gasteiger partial charge on any atom is 0.0815 e. The maximum atomic E-state index is 10.4. The van der Waals surface area contributed by atoms with Crippen molar-refractivity contribution in [1.82, 2.24) is 5.32 Å². The van der Waals surface area contributed by atoms with E-state index in [-0.39, 0.29) is 0 Å². The number of aliphatic hydroxyl groups is 1. The van der Waals surface area contributed by atoms with E-state index in [9.17, 15) is 5.11 Å². The molecule has 0 spiro atoms. The van der Waals surface area contributed by atoms with E-state index >= 15 is 0 Å². The van der Waals surface area contributed by atoms with Crippen LogP contribution in [0.2, 0.25) is 0 Å². The van der Waals surface area contributed by atoms with Crippen LogP contribution in [-0.4, -0.2) is 36.5 Å². The fourth-order valence-electron chi connectivity index (χ4n) is 3.32. The van der Waals surface area contributed by atoms with E-state index in [0.717, 1.165) is 31.2 Å². The SMILES string of the molecule is CC1CCCC(C)C1NCC1(O)CCOCC1. The Morgan fingerprint density at radius 1 is 1.18 bits per heavy atom. The molecular formula is C14H27NO2. The lowest BCUT2D eigenvalue weighted by molar-refractivity contribution is -0.0648. The van der Waals surface area contributed by atoms with Crippen LogP contribution in [0.1, 0.15) is 46.0 Å². The molecule has 2 unspecified atom stereocenters. The predicted molar refractivity (Wildman–Crippen MR) is 69.0 cm³/mol. The summed E-state index contributed by atoms with van der Waals surface area (Å²) in [5.41, 5.74) is -0.533. The smallest absolute Gasteiger partial charge is 0.0815 e. The molecule has 17 heavy (non-hydrogen) atoms. The van der Waals surface area contributed by atoms with E-state index in [0.29, 0.717) is 19.3 Å². The Morgan fingerprint density at radius 2 is 1.76 bits per heavy atom. The molecule has 1 saturated carbocycles. The third kappa shape index (κ3) is 3.43. The van der Waals surface area contributed by atoms with E-state index in [2.05, 4.69) is 19.2 Å². The molecule has 1 heterocycles. The van der Waals surface area contributed by atoms with Gasteiger partial charge in [-0.15, -0.1) is 0 Å². The molecule has 3 nitrogen and oxygen atoms in total. The van der Waals surface area contributed by atoms with Crippen molar-refractivity contribution in [1.29, 1.82) is 0 Å². The molecule has 0 radical (unpaired) electrons. The zero-order valence-electron chi connectivity index (χ0n) is 11.2. The van der Waals surface area contributed by atoms with Crippen molar-refractivity contribution >= 4 is 0 Å². The summed E-state index contributed by atoms with van der Waals surface area (Å²) in [6, 6.07) is 0.579. The quantitative estimate of drug-likeness (QED) is 0.793. The van der Waals surface area contributed by atoms with Crippen molar-refractivity contribution in [3.63, 3.8) is 0 Å². The summed E-state index contributed by atoms with van der Waals surface area (Å²) in [6.07, 6.45) is 5.55. The standard InChI is InChI=1S/C14H27NO2/c1-11-4-3-5-12(2)13(11)15-10-14(16)6-8-17-9-7-14/h11-13,15-16H,3-10H2,1-2H3. The average molecular weight is 241 g/mol. The Morgan fingerprint density at radius 3 is 2.35 bits per heavy atom. The Kier molecular flexibility index (Phi) is 4.45. The lowest BCUT2D eigenvalue weighted by Crippen LogP contribution is -2.51. The topological polar surface area (TPSA) is 41.5 Å². The molecule has 0 aromatic heterocycles. The number of rotatable bonds is 3. The van der Waals surface area contributed by atoms with Gasteiger partial charge in [0.1, 0.15) is 0 Å². The molecule has 2 N–H and O–H groups in total. The van der Waals surface area contributed by atoms with Gasteiger partial charge >= 0.3 is 0 Å². The molecule has 3 heteroatoms. The van der Waals surface area contributed by atoms with Gasteiger partial charge in [-0.25, -0.2) is 0 Å². The van der Waals surface area contributed by atoms with Gasteiger partial charge in [0.25, 0.3) is 0 Å². The Hall–Kier alpha value is -0.120. The fraction of sp³-hybridized carbons (Fsp3) is 1.00. The highest BCUT2D eigenvalue weighted by Crippen LogP contribution is 2.29. The van der Waals surface area contributed by atoms with Crippen LogP contribution in [0.3, 0.4) is 0 Å². The molecule has 2 atom stereocenters. The van der Waals surface area contributed by atoms with E-state index in [1.807, 2.05) is 0 Å². The van der Waals surface area contributed by atoms with Gasteiger partial charge in [-0.05, 0) is 24.7 Å². The van der Waals surface area contributed by atoms with E-state index < -0.39 is 5.60 Å². The van der Waals surface area contributed by atoms with Crippen molar-refractivity contribution in [2.75, 3.05) is 19.8 Å². The van der Waals surface area contributed by atoms with Gasteiger partial charge in [0.2, 0.25) is 0 Å². The first-order valence-electron chi connectivity index (χ1n) is 7.14. The second-order valence-corrected chi connectivity index (χ2v) is 6.13. The average Bonchev–Trinajstić information content (AvgIpc) is 2.29. The predicted octanol–water partition coefficient (Wildman–Crippen LogP) is 1.94. The van der Waals surface area contributed by atoms with Gasteiger partial charge in [0, 0.05) is 38.6 Å². The van der Waals surface area contributed by atoms with Crippen molar-refractivity contribution in [3.8, 4) is 0 Å². The summed E-state index contributed by atoms with van der Waals surface area (Å²) in [5, 5.41) is 14.1. The molecule has 0 aromatic carbocycles. The van der Waals surface area contributed by atoms with Gasteiger partial charge in [0.15, 0.2) is 0 Å². The van der Waals surface area contributed by atoms with Crippen molar-refractivity contribution in [3.05, 3.63) is 0 Å². The number of nitrogens with one attached hydrogen (secondary N) is 1. The number of ether oxygens (including phenoxy) is 1. The summed E-state index contributed by atoms with van der Waals surface area (Å²) in [4.78, 5) is 0. The highest BCUT2D eigenvalue weighted by atomic mass is 16.5. The van der Waals surface area contributed by atoms with Crippen LogP contribution in [0.5, 0.6) is 0 Å². The maximum absolute atomic E-state index is 10.4. The van der Waals surface area contributed by atoms with Gasteiger partial charge in [-0.3, -0.25) is 0 Å². The van der Waals surface area contributed by atoms with Crippen LogP contribution in [0.15, 0.2) is 0 Å². The van der Waals surface area contributed by atoms with Gasteiger partial charge in [-0.2, -0.15) is 0 Å². The Labute approximate surface area is 105 Å². The van der Waals surface area contributed by atoms with Crippen LogP contribution in [0, 0.1) is 11.8 Å². The first-order valence-corrected chi connectivity index (χ1v) is 7.14. The first-order chi connectivity index (χ1) is 8.11. The van der Waals surface area contributed by atoms with Crippen LogP contribution in [-0.2, 0) is 4.74 Å². The zero-order chi connectivity index (χ0) is 12.3. The minimum absolute atomic E-state index is 0.533.